The zero-order chi connectivity index (χ0) is 9.14. The van der Waals surface area contributed by atoms with Crippen LogP contribution in [0, 0.1) is 0 Å². The molecule has 2 N–H and O–H groups in total. The van der Waals surface area contributed by atoms with Crippen molar-refractivity contribution in [1.82, 2.24) is 5.01 Å². The van der Waals surface area contributed by atoms with Gasteiger partial charge in [0.15, 0.2) is 9.95 Å². The average molecular weight is 281 g/mol. The zero-order valence-corrected chi connectivity index (χ0v) is 9.11. The van der Waals surface area contributed by atoms with Gasteiger partial charge in [0.2, 0.25) is 0 Å². The van der Waals surface area contributed by atoms with Gasteiger partial charge in [0.25, 0.3) is 0 Å². The lowest BCUT2D eigenvalue weighted by Gasteiger charge is -2.29. The number of halogens is 1. The van der Waals surface area contributed by atoms with Crippen LogP contribution in [-0.2, 0) is 4.74 Å². The summed E-state index contributed by atoms with van der Waals surface area (Å²) in [6, 6.07) is 0. The third-order valence-electron chi connectivity index (χ3n) is 1.40. The Balaban J connectivity index is 2.75. The van der Waals surface area contributed by atoms with E-state index in [1.54, 1.807) is 5.01 Å². The number of rotatable bonds is 1. The van der Waals surface area contributed by atoms with E-state index in [0.717, 1.165) is 11.5 Å². The number of allylic oxidation sites excluding steroid dienone is 1. The molecule has 0 saturated carbocycles. The SMILES string of the molecule is C=C(C)N=C1C(I)OCCN1N. The standard InChI is InChI=1S/C7H12IN3O/c1-5(2)10-7-6(8)12-4-3-11(7)9/h6H,1,3-4,9H2,2H3. The fraction of sp³-hybridized carbons (Fsp3) is 0.571. The topological polar surface area (TPSA) is 50.8 Å². The van der Waals surface area contributed by atoms with Crippen molar-refractivity contribution >= 4 is 28.4 Å². The lowest BCUT2D eigenvalue weighted by molar-refractivity contribution is 0.106. The highest BCUT2D eigenvalue weighted by molar-refractivity contribution is 14.1. The Labute approximate surface area is 85.6 Å². The Hall–Kier alpha value is -0.140. The number of hydrogen-bond donors (Lipinski definition) is 1. The van der Waals surface area contributed by atoms with Crippen LogP contribution >= 0.6 is 22.6 Å². The summed E-state index contributed by atoms with van der Waals surface area (Å²) >= 11 is 2.15. The monoisotopic (exact) mass is 281 g/mol. The molecule has 1 rings (SSSR count). The van der Waals surface area contributed by atoms with E-state index >= 15 is 0 Å². The summed E-state index contributed by atoms with van der Waals surface area (Å²) in [6.45, 7) is 6.86. The van der Waals surface area contributed by atoms with Gasteiger partial charge in [0.1, 0.15) is 0 Å². The van der Waals surface area contributed by atoms with Crippen LogP contribution in [0.15, 0.2) is 17.3 Å². The zero-order valence-electron chi connectivity index (χ0n) is 6.96. The highest BCUT2D eigenvalue weighted by atomic mass is 127. The van der Waals surface area contributed by atoms with Crippen molar-refractivity contribution in [2.75, 3.05) is 13.2 Å². The lowest BCUT2D eigenvalue weighted by atomic mass is 10.4. The van der Waals surface area contributed by atoms with Gasteiger partial charge >= 0.3 is 0 Å². The van der Waals surface area contributed by atoms with Crippen molar-refractivity contribution in [1.29, 1.82) is 0 Å². The Morgan fingerprint density at radius 2 is 2.58 bits per heavy atom. The molecule has 1 saturated heterocycles. The first-order valence-corrected chi connectivity index (χ1v) is 4.88. The largest absolute Gasteiger partial charge is 0.358 e. The van der Waals surface area contributed by atoms with Crippen molar-refractivity contribution in [3.63, 3.8) is 0 Å². The Morgan fingerprint density at radius 1 is 1.92 bits per heavy atom. The summed E-state index contributed by atoms with van der Waals surface area (Å²) in [6.07, 6.45) is 0. The second kappa shape index (κ2) is 4.20. The van der Waals surface area contributed by atoms with Crippen molar-refractivity contribution in [2.45, 2.75) is 11.0 Å². The highest BCUT2D eigenvalue weighted by Crippen LogP contribution is 2.13. The maximum Gasteiger partial charge on any atom is 0.167 e. The molecule has 1 unspecified atom stereocenters. The molecule has 0 aromatic heterocycles. The normalized spacial score (nSPS) is 27.8. The summed E-state index contributed by atoms with van der Waals surface area (Å²) in [5.74, 6) is 6.44. The summed E-state index contributed by atoms with van der Waals surface area (Å²) in [5, 5.41) is 1.61. The summed E-state index contributed by atoms with van der Waals surface area (Å²) in [5.41, 5.74) is 0.743. The van der Waals surface area contributed by atoms with E-state index < -0.39 is 0 Å². The molecule has 4 nitrogen and oxygen atoms in total. The number of hydrazine groups is 1. The third-order valence-corrected chi connectivity index (χ3v) is 2.32. The third kappa shape index (κ3) is 2.43. The second-order valence-electron chi connectivity index (χ2n) is 2.59. The molecule has 0 amide bonds. The number of alkyl halides is 1. The second-order valence-corrected chi connectivity index (χ2v) is 3.72. The Bertz CT molecular complexity index is 205. The van der Waals surface area contributed by atoms with Crippen LogP contribution in [0.1, 0.15) is 6.92 Å². The van der Waals surface area contributed by atoms with Crippen LogP contribution in [0.25, 0.3) is 0 Å². The van der Waals surface area contributed by atoms with E-state index in [1.807, 2.05) is 6.92 Å². The molecule has 0 aromatic carbocycles. The van der Waals surface area contributed by atoms with Gasteiger partial charge in [0.05, 0.1) is 13.2 Å². The van der Waals surface area contributed by atoms with Gasteiger partial charge in [0, 0.05) is 5.70 Å². The number of aliphatic imine (C=N–C) groups is 1. The number of ether oxygens (including phenoxy) is 1. The van der Waals surface area contributed by atoms with Gasteiger partial charge < -0.3 is 4.74 Å². The smallest absolute Gasteiger partial charge is 0.167 e. The van der Waals surface area contributed by atoms with Crippen LogP contribution < -0.4 is 5.84 Å². The van der Waals surface area contributed by atoms with E-state index in [9.17, 15) is 0 Å². The summed E-state index contributed by atoms with van der Waals surface area (Å²) in [7, 11) is 0. The minimum atomic E-state index is -0.0574. The summed E-state index contributed by atoms with van der Waals surface area (Å²) in [4.78, 5) is 4.19. The van der Waals surface area contributed by atoms with E-state index in [0.29, 0.717) is 13.2 Å². The minimum absolute atomic E-state index is 0.0574. The minimum Gasteiger partial charge on any atom is -0.358 e. The van der Waals surface area contributed by atoms with Gasteiger partial charge in [-0.1, -0.05) is 6.58 Å². The Kier molecular flexibility index (Phi) is 3.48. The molecule has 0 radical (unpaired) electrons. The van der Waals surface area contributed by atoms with Crippen LogP contribution in [-0.4, -0.2) is 28.1 Å². The molecular weight excluding hydrogens is 269 g/mol. The van der Waals surface area contributed by atoms with Crippen molar-refractivity contribution < 1.29 is 4.74 Å². The van der Waals surface area contributed by atoms with Crippen molar-refractivity contribution in [3.05, 3.63) is 12.3 Å². The van der Waals surface area contributed by atoms with E-state index in [1.165, 1.54) is 0 Å². The van der Waals surface area contributed by atoms with Gasteiger partial charge in [-0.15, -0.1) is 0 Å². The molecule has 1 atom stereocenters. The number of amidine groups is 1. The van der Waals surface area contributed by atoms with Crippen molar-refractivity contribution in [2.24, 2.45) is 10.8 Å². The average Bonchev–Trinajstić information content (AvgIpc) is 1.97. The number of nitrogens with two attached hydrogens (primary N) is 1. The molecule has 1 aliphatic heterocycles. The fourth-order valence-electron chi connectivity index (χ4n) is 0.885. The highest BCUT2D eigenvalue weighted by Gasteiger charge is 2.22. The van der Waals surface area contributed by atoms with Crippen LogP contribution in [0.3, 0.4) is 0 Å². The molecule has 0 aromatic rings. The molecular formula is C7H12IN3O. The van der Waals surface area contributed by atoms with Crippen LogP contribution in [0.5, 0.6) is 0 Å². The number of nitrogens with zero attached hydrogens (tertiary/aromatic N) is 2. The maximum atomic E-state index is 5.69. The lowest BCUT2D eigenvalue weighted by Crippen LogP contribution is -2.49. The molecule has 1 aliphatic rings. The van der Waals surface area contributed by atoms with Crippen LogP contribution in [0.4, 0.5) is 0 Å². The molecule has 1 fully saturated rings. The quantitative estimate of drug-likeness (QED) is 0.441. The van der Waals surface area contributed by atoms with Gasteiger partial charge in [-0.3, -0.25) is 5.01 Å². The molecule has 68 valence electrons. The number of hydrogen-bond acceptors (Lipinski definition) is 3. The molecule has 0 aliphatic carbocycles. The van der Waals surface area contributed by atoms with Gasteiger partial charge in [-0.2, -0.15) is 0 Å². The van der Waals surface area contributed by atoms with E-state index in [4.69, 9.17) is 10.6 Å². The first kappa shape index (κ1) is 9.94. The predicted molar refractivity (Wildman–Crippen MR) is 56.9 cm³/mol. The van der Waals surface area contributed by atoms with Gasteiger partial charge in [-0.05, 0) is 29.5 Å². The molecule has 0 bridgehead atoms. The predicted octanol–water partition coefficient (Wildman–Crippen LogP) is 0.885. The van der Waals surface area contributed by atoms with Crippen molar-refractivity contribution in [3.8, 4) is 0 Å². The first-order chi connectivity index (χ1) is 5.61. The maximum absolute atomic E-state index is 5.69. The Morgan fingerprint density at radius 3 is 3.08 bits per heavy atom. The first-order valence-electron chi connectivity index (χ1n) is 3.63. The van der Waals surface area contributed by atoms with Gasteiger partial charge in [-0.25, -0.2) is 10.8 Å². The van der Waals surface area contributed by atoms with Crippen LogP contribution in [0.2, 0.25) is 0 Å². The number of morpholine rings is 1. The van der Waals surface area contributed by atoms with E-state index in [2.05, 4.69) is 34.2 Å². The molecule has 5 heteroatoms. The molecule has 0 spiro atoms. The fourth-order valence-corrected chi connectivity index (χ4v) is 1.64. The molecule has 1 heterocycles. The van der Waals surface area contributed by atoms with E-state index in [-0.39, 0.29) is 4.11 Å². The summed E-state index contributed by atoms with van der Waals surface area (Å²) < 4.78 is 5.30. The molecule has 12 heavy (non-hydrogen) atoms.